The van der Waals surface area contributed by atoms with E-state index >= 15 is 0 Å². The Hall–Kier alpha value is -2.61. The van der Waals surface area contributed by atoms with Crippen molar-refractivity contribution in [3.05, 3.63) is 58.4 Å². The molecule has 1 aliphatic heterocycles. The Bertz CT molecular complexity index is 1080. The van der Waals surface area contributed by atoms with Crippen molar-refractivity contribution in [3.8, 4) is 17.1 Å². The maximum absolute atomic E-state index is 12.8. The molecule has 1 aromatic heterocycles. The topological polar surface area (TPSA) is 80.5 Å². The van der Waals surface area contributed by atoms with Gasteiger partial charge in [-0.2, -0.15) is 4.98 Å². The summed E-state index contributed by atoms with van der Waals surface area (Å²) in [7, 11) is 0. The first kappa shape index (κ1) is 22.6. The van der Waals surface area contributed by atoms with Crippen molar-refractivity contribution in [1.29, 1.82) is 0 Å². The Balaban J connectivity index is 1.31. The summed E-state index contributed by atoms with van der Waals surface area (Å²) in [6, 6.07) is 12.7. The van der Waals surface area contributed by atoms with E-state index in [9.17, 15) is 4.79 Å². The third kappa shape index (κ3) is 5.41. The van der Waals surface area contributed by atoms with Gasteiger partial charge in [0, 0.05) is 16.5 Å². The molecule has 1 N–H and O–H groups in total. The van der Waals surface area contributed by atoms with Gasteiger partial charge in [-0.25, -0.2) is 0 Å². The monoisotopic (exact) mass is 474 g/mol. The van der Waals surface area contributed by atoms with E-state index in [0.29, 0.717) is 51.9 Å². The molecule has 2 heterocycles. The van der Waals surface area contributed by atoms with Crippen molar-refractivity contribution in [3.63, 3.8) is 0 Å². The van der Waals surface area contributed by atoms with Crippen LogP contribution in [0.2, 0.25) is 10.0 Å². The molecule has 9 heteroatoms. The van der Waals surface area contributed by atoms with Gasteiger partial charge in [-0.1, -0.05) is 40.5 Å². The second kappa shape index (κ2) is 10.3. The molecule has 168 valence electrons. The van der Waals surface area contributed by atoms with Crippen LogP contribution < -0.4 is 10.1 Å². The van der Waals surface area contributed by atoms with E-state index in [4.69, 9.17) is 32.5 Å². The standard InChI is InChI=1S/C23H24Cl2N4O3/c1-2-31-20-6-4-3-5-19(20)26-23(30)15-9-11-29(12-10-15)14-21-27-22(28-32-21)17-8-7-16(24)13-18(17)25/h3-8,13,15H,2,9-12,14H2,1H3,(H,26,30). The number of hydrogen-bond acceptors (Lipinski definition) is 6. The molecule has 0 unspecified atom stereocenters. The molecule has 0 aliphatic carbocycles. The fourth-order valence-electron chi connectivity index (χ4n) is 3.73. The number of ether oxygens (including phenoxy) is 1. The molecule has 0 spiro atoms. The summed E-state index contributed by atoms with van der Waals surface area (Å²) < 4.78 is 11.0. The summed E-state index contributed by atoms with van der Waals surface area (Å²) in [4.78, 5) is 19.4. The van der Waals surface area contributed by atoms with Gasteiger partial charge in [0.1, 0.15) is 5.75 Å². The van der Waals surface area contributed by atoms with E-state index in [0.717, 1.165) is 25.9 Å². The second-order valence-electron chi connectivity index (χ2n) is 7.60. The number of rotatable bonds is 7. The van der Waals surface area contributed by atoms with Crippen molar-refractivity contribution in [2.45, 2.75) is 26.3 Å². The summed E-state index contributed by atoms with van der Waals surface area (Å²) in [5.74, 6) is 1.61. The van der Waals surface area contributed by atoms with Crippen LogP contribution in [-0.2, 0) is 11.3 Å². The first-order valence-corrected chi connectivity index (χ1v) is 11.3. The number of anilines is 1. The van der Waals surface area contributed by atoms with E-state index in [-0.39, 0.29) is 11.8 Å². The van der Waals surface area contributed by atoms with Gasteiger partial charge in [0.2, 0.25) is 17.6 Å². The molecular formula is C23H24Cl2N4O3. The summed E-state index contributed by atoms with van der Waals surface area (Å²) in [6.45, 7) is 4.53. The van der Waals surface area contributed by atoms with Crippen molar-refractivity contribution >= 4 is 34.8 Å². The Morgan fingerprint density at radius 2 is 2.00 bits per heavy atom. The zero-order valence-corrected chi connectivity index (χ0v) is 19.2. The molecule has 2 aromatic carbocycles. The molecule has 1 amide bonds. The van der Waals surface area contributed by atoms with E-state index in [1.54, 1.807) is 18.2 Å². The van der Waals surface area contributed by atoms with Gasteiger partial charge in [-0.05, 0) is 63.2 Å². The first-order chi connectivity index (χ1) is 15.5. The lowest BCUT2D eigenvalue weighted by Gasteiger charge is -2.30. The fourth-order valence-corrected chi connectivity index (χ4v) is 4.22. The van der Waals surface area contributed by atoms with Gasteiger partial charge in [0.05, 0.1) is 23.9 Å². The minimum Gasteiger partial charge on any atom is -0.492 e. The largest absolute Gasteiger partial charge is 0.492 e. The van der Waals surface area contributed by atoms with Crippen LogP contribution in [0.4, 0.5) is 5.69 Å². The van der Waals surface area contributed by atoms with E-state index in [1.165, 1.54) is 0 Å². The molecule has 0 radical (unpaired) electrons. The number of benzene rings is 2. The van der Waals surface area contributed by atoms with Gasteiger partial charge < -0.3 is 14.6 Å². The van der Waals surface area contributed by atoms with E-state index < -0.39 is 0 Å². The number of nitrogens with zero attached hydrogens (tertiary/aromatic N) is 3. The van der Waals surface area contributed by atoms with Gasteiger partial charge >= 0.3 is 0 Å². The molecule has 3 aromatic rings. The van der Waals surface area contributed by atoms with Gasteiger partial charge in [-0.15, -0.1) is 0 Å². The van der Waals surface area contributed by atoms with Crippen molar-refractivity contribution in [2.75, 3.05) is 25.0 Å². The second-order valence-corrected chi connectivity index (χ2v) is 8.45. The molecule has 0 bridgehead atoms. The Morgan fingerprint density at radius 3 is 2.75 bits per heavy atom. The van der Waals surface area contributed by atoms with Crippen molar-refractivity contribution < 1.29 is 14.1 Å². The third-order valence-electron chi connectivity index (χ3n) is 5.40. The van der Waals surface area contributed by atoms with Crippen LogP contribution in [0.5, 0.6) is 5.75 Å². The number of hydrogen-bond donors (Lipinski definition) is 1. The number of halogens is 2. The molecule has 0 saturated carbocycles. The van der Waals surface area contributed by atoms with E-state index in [1.807, 2.05) is 31.2 Å². The number of para-hydroxylation sites is 2. The van der Waals surface area contributed by atoms with Gasteiger partial charge in [0.15, 0.2) is 0 Å². The fraction of sp³-hybridized carbons (Fsp3) is 0.348. The molecule has 7 nitrogen and oxygen atoms in total. The van der Waals surface area contributed by atoms with Crippen molar-refractivity contribution in [1.82, 2.24) is 15.0 Å². The normalized spacial score (nSPS) is 15.0. The van der Waals surface area contributed by atoms with Crippen molar-refractivity contribution in [2.24, 2.45) is 5.92 Å². The number of carbonyl (C=O) groups excluding carboxylic acids is 1. The SMILES string of the molecule is CCOc1ccccc1NC(=O)C1CCN(Cc2nc(-c3ccc(Cl)cc3Cl)no2)CC1. The quantitative estimate of drug-likeness (QED) is 0.500. The van der Waals surface area contributed by atoms with Crippen LogP contribution in [-0.4, -0.2) is 40.6 Å². The predicted molar refractivity (Wildman–Crippen MR) is 124 cm³/mol. The lowest BCUT2D eigenvalue weighted by Crippen LogP contribution is -2.37. The number of likely N-dealkylation sites (tertiary alicyclic amines) is 1. The molecule has 0 atom stereocenters. The Labute approximate surface area is 196 Å². The van der Waals surface area contributed by atoms with Gasteiger partial charge in [-0.3, -0.25) is 9.69 Å². The van der Waals surface area contributed by atoms with Crippen LogP contribution in [0.15, 0.2) is 47.0 Å². The summed E-state index contributed by atoms with van der Waals surface area (Å²) >= 11 is 12.2. The highest BCUT2D eigenvalue weighted by atomic mass is 35.5. The number of carbonyl (C=O) groups is 1. The Morgan fingerprint density at radius 1 is 1.22 bits per heavy atom. The maximum atomic E-state index is 12.8. The zero-order chi connectivity index (χ0) is 22.5. The summed E-state index contributed by atoms with van der Waals surface area (Å²) in [6.07, 6.45) is 1.51. The smallest absolute Gasteiger partial charge is 0.241 e. The summed E-state index contributed by atoms with van der Waals surface area (Å²) in [5, 5.41) is 8.08. The third-order valence-corrected chi connectivity index (χ3v) is 5.95. The predicted octanol–water partition coefficient (Wildman–Crippen LogP) is 5.29. The lowest BCUT2D eigenvalue weighted by molar-refractivity contribution is -0.121. The average Bonchev–Trinajstić information content (AvgIpc) is 3.24. The lowest BCUT2D eigenvalue weighted by atomic mass is 9.96. The first-order valence-electron chi connectivity index (χ1n) is 10.6. The molecule has 32 heavy (non-hydrogen) atoms. The highest BCUT2D eigenvalue weighted by molar-refractivity contribution is 6.36. The molecule has 1 saturated heterocycles. The minimum atomic E-state index is -0.0490. The van der Waals surface area contributed by atoms with Crippen LogP contribution >= 0.6 is 23.2 Å². The number of nitrogens with one attached hydrogen (secondary N) is 1. The number of amides is 1. The zero-order valence-electron chi connectivity index (χ0n) is 17.7. The molecular weight excluding hydrogens is 451 g/mol. The molecule has 1 fully saturated rings. The highest BCUT2D eigenvalue weighted by Crippen LogP contribution is 2.29. The van der Waals surface area contributed by atoms with Crippen LogP contribution in [0.3, 0.4) is 0 Å². The highest BCUT2D eigenvalue weighted by Gasteiger charge is 2.26. The molecule has 4 rings (SSSR count). The molecule has 1 aliphatic rings. The number of piperidine rings is 1. The van der Waals surface area contributed by atoms with Crippen LogP contribution in [0.1, 0.15) is 25.7 Å². The van der Waals surface area contributed by atoms with Crippen LogP contribution in [0.25, 0.3) is 11.4 Å². The Kier molecular flexibility index (Phi) is 7.29. The average molecular weight is 475 g/mol. The van der Waals surface area contributed by atoms with Gasteiger partial charge in [0.25, 0.3) is 0 Å². The van der Waals surface area contributed by atoms with E-state index in [2.05, 4.69) is 20.4 Å². The maximum Gasteiger partial charge on any atom is 0.241 e. The van der Waals surface area contributed by atoms with Crippen LogP contribution in [0, 0.1) is 5.92 Å². The summed E-state index contributed by atoms with van der Waals surface area (Å²) in [5.41, 5.74) is 1.38. The minimum absolute atomic E-state index is 0.0225. The number of aromatic nitrogens is 2.